The molecule has 54 valence electrons. The zero-order valence-electron chi connectivity index (χ0n) is 5.39. The van der Waals surface area contributed by atoms with Gasteiger partial charge in [-0.25, -0.2) is 0 Å². The van der Waals surface area contributed by atoms with Crippen LogP contribution in [0.5, 0.6) is 0 Å². The molecule has 0 amide bonds. The summed E-state index contributed by atoms with van der Waals surface area (Å²) in [6.07, 6.45) is 1.92. The molecule has 1 aromatic heterocycles. The lowest BCUT2D eigenvalue weighted by molar-refractivity contribution is 0.718. The van der Waals surface area contributed by atoms with Crippen LogP contribution in [0.4, 0.5) is 0 Å². The Morgan fingerprint density at radius 2 is 2.50 bits per heavy atom. The van der Waals surface area contributed by atoms with Gasteiger partial charge >= 0.3 is 4.87 Å². The van der Waals surface area contributed by atoms with E-state index in [4.69, 9.17) is 5.73 Å². The number of fused-ring (bicyclic) bond motifs is 1. The average Bonchev–Trinajstić information content (AvgIpc) is 2.35. The summed E-state index contributed by atoms with van der Waals surface area (Å²) in [5.41, 5.74) is 6.77. The van der Waals surface area contributed by atoms with Crippen molar-refractivity contribution in [1.29, 1.82) is 0 Å². The van der Waals surface area contributed by atoms with E-state index in [0.29, 0.717) is 0 Å². The van der Waals surface area contributed by atoms with E-state index < -0.39 is 0 Å². The third kappa shape index (κ3) is 0.726. The highest BCUT2D eigenvalue weighted by molar-refractivity contribution is 7.09. The maximum atomic E-state index is 10.8. The van der Waals surface area contributed by atoms with Crippen molar-refractivity contribution in [3.05, 3.63) is 20.2 Å². The van der Waals surface area contributed by atoms with Gasteiger partial charge < -0.3 is 10.7 Å². The van der Waals surface area contributed by atoms with E-state index in [-0.39, 0.29) is 10.9 Å². The van der Waals surface area contributed by atoms with E-state index in [9.17, 15) is 4.79 Å². The Morgan fingerprint density at radius 1 is 1.70 bits per heavy atom. The number of nitrogens with one attached hydrogen (secondary N) is 1. The first-order valence-corrected chi connectivity index (χ1v) is 4.06. The zero-order valence-corrected chi connectivity index (χ0v) is 6.20. The van der Waals surface area contributed by atoms with Crippen LogP contribution in [-0.4, -0.2) is 4.98 Å². The SMILES string of the molecule is NC1CCc2[nH]c(=O)sc21. The topological polar surface area (TPSA) is 58.9 Å². The molecule has 3 N–H and O–H groups in total. The van der Waals surface area contributed by atoms with Gasteiger partial charge in [-0.05, 0) is 12.8 Å². The number of H-pyrrole nitrogens is 1. The second-order valence-corrected chi connectivity index (χ2v) is 3.52. The first kappa shape index (κ1) is 6.12. The van der Waals surface area contributed by atoms with Crippen LogP contribution in [0, 0.1) is 0 Å². The minimum absolute atomic E-state index is 0.0279. The third-order valence-corrected chi connectivity index (χ3v) is 2.85. The molecule has 1 aliphatic carbocycles. The van der Waals surface area contributed by atoms with Gasteiger partial charge in [-0.1, -0.05) is 11.3 Å². The summed E-state index contributed by atoms with van der Waals surface area (Å²) in [6, 6.07) is 0.110. The molecule has 0 aromatic carbocycles. The summed E-state index contributed by atoms with van der Waals surface area (Å²) in [5.74, 6) is 0. The van der Waals surface area contributed by atoms with Gasteiger partial charge in [0.2, 0.25) is 0 Å². The Kier molecular flexibility index (Phi) is 1.18. The summed E-state index contributed by atoms with van der Waals surface area (Å²) in [6.45, 7) is 0. The monoisotopic (exact) mass is 156 g/mol. The molecule has 1 unspecified atom stereocenters. The fraction of sp³-hybridized carbons (Fsp3) is 0.500. The van der Waals surface area contributed by atoms with Gasteiger partial charge in [0.1, 0.15) is 0 Å². The number of thiazole rings is 1. The van der Waals surface area contributed by atoms with Crippen LogP contribution >= 0.6 is 11.3 Å². The molecule has 1 aromatic rings. The Bertz CT molecular complexity index is 301. The minimum atomic E-state index is 0.0279. The fourth-order valence-electron chi connectivity index (χ4n) is 1.29. The Hall–Kier alpha value is -0.610. The van der Waals surface area contributed by atoms with Crippen LogP contribution in [0.25, 0.3) is 0 Å². The molecule has 0 aliphatic heterocycles. The Balaban J connectivity index is 2.59. The van der Waals surface area contributed by atoms with Crippen LogP contribution < -0.4 is 10.6 Å². The second-order valence-electron chi connectivity index (χ2n) is 2.50. The van der Waals surface area contributed by atoms with Gasteiger partial charge in [0.15, 0.2) is 0 Å². The first-order chi connectivity index (χ1) is 4.77. The van der Waals surface area contributed by atoms with Crippen LogP contribution in [-0.2, 0) is 6.42 Å². The predicted molar refractivity (Wildman–Crippen MR) is 40.2 cm³/mol. The molecule has 2 rings (SSSR count). The standard InChI is InChI=1S/C6H8N2OS/c7-3-1-2-4-5(3)10-6(9)8-4/h3H,1-2,7H2,(H,8,9). The Labute approximate surface area is 61.9 Å². The highest BCUT2D eigenvalue weighted by Crippen LogP contribution is 2.29. The number of rotatable bonds is 0. The van der Waals surface area contributed by atoms with Crippen molar-refractivity contribution in [2.45, 2.75) is 18.9 Å². The van der Waals surface area contributed by atoms with Crippen molar-refractivity contribution < 1.29 is 0 Å². The Morgan fingerprint density at radius 3 is 3.20 bits per heavy atom. The van der Waals surface area contributed by atoms with Gasteiger partial charge in [0.05, 0.1) is 0 Å². The van der Waals surface area contributed by atoms with Crippen molar-refractivity contribution in [2.75, 3.05) is 0 Å². The molecule has 0 saturated heterocycles. The van der Waals surface area contributed by atoms with Crippen molar-refractivity contribution >= 4 is 11.3 Å². The number of hydrogen-bond donors (Lipinski definition) is 2. The van der Waals surface area contributed by atoms with Crippen LogP contribution in [0.15, 0.2) is 4.79 Å². The summed E-state index contributed by atoms with van der Waals surface area (Å²) >= 11 is 1.25. The van der Waals surface area contributed by atoms with E-state index in [1.807, 2.05) is 0 Å². The zero-order chi connectivity index (χ0) is 7.14. The van der Waals surface area contributed by atoms with Gasteiger partial charge in [-0.15, -0.1) is 0 Å². The van der Waals surface area contributed by atoms with Crippen LogP contribution in [0.1, 0.15) is 23.0 Å². The molecule has 0 fully saturated rings. The lowest BCUT2D eigenvalue weighted by atomic mass is 10.3. The number of hydrogen-bond acceptors (Lipinski definition) is 3. The minimum Gasteiger partial charge on any atom is -0.323 e. The second kappa shape index (κ2) is 1.93. The van der Waals surface area contributed by atoms with Crippen molar-refractivity contribution in [3.63, 3.8) is 0 Å². The summed E-state index contributed by atoms with van der Waals surface area (Å²) in [7, 11) is 0. The molecule has 3 nitrogen and oxygen atoms in total. The van der Waals surface area contributed by atoms with Crippen molar-refractivity contribution in [1.82, 2.24) is 4.98 Å². The number of nitrogens with two attached hydrogens (primary N) is 1. The number of aromatic nitrogens is 1. The molecule has 1 atom stereocenters. The summed E-state index contributed by atoms with van der Waals surface area (Å²) in [5, 5.41) is 0. The molecule has 4 heteroatoms. The number of aromatic amines is 1. The summed E-state index contributed by atoms with van der Waals surface area (Å²) in [4.78, 5) is 14.6. The van der Waals surface area contributed by atoms with Gasteiger partial charge in [-0.3, -0.25) is 4.79 Å². The molecule has 10 heavy (non-hydrogen) atoms. The van der Waals surface area contributed by atoms with E-state index in [0.717, 1.165) is 23.4 Å². The maximum Gasteiger partial charge on any atom is 0.304 e. The van der Waals surface area contributed by atoms with Gasteiger partial charge in [0.25, 0.3) is 0 Å². The summed E-state index contributed by atoms with van der Waals surface area (Å²) < 4.78 is 0. The first-order valence-electron chi connectivity index (χ1n) is 3.25. The lowest BCUT2D eigenvalue weighted by Crippen LogP contribution is -2.03. The largest absolute Gasteiger partial charge is 0.323 e. The highest BCUT2D eigenvalue weighted by atomic mass is 32.1. The maximum absolute atomic E-state index is 10.8. The van der Waals surface area contributed by atoms with Crippen molar-refractivity contribution in [3.8, 4) is 0 Å². The third-order valence-electron chi connectivity index (χ3n) is 1.80. The van der Waals surface area contributed by atoms with Crippen molar-refractivity contribution in [2.24, 2.45) is 5.73 Å². The van der Waals surface area contributed by atoms with E-state index in [1.54, 1.807) is 0 Å². The average molecular weight is 156 g/mol. The normalized spacial score (nSPS) is 23.1. The molecular weight excluding hydrogens is 148 g/mol. The van der Waals surface area contributed by atoms with E-state index in [2.05, 4.69) is 4.98 Å². The molecule has 1 heterocycles. The molecule has 0 bridgehead atoms. The molecule has 1 aliphatic rings. The fourth-order valence-corrected chi connectivity index (χ4v) is 2.21. The van der Waals surface area contributed by atoms with Gasteiger partial charge in [-0.2, -0.15) is 0 Å². The quantitative estimate of drug-likeness (QED) is 0.570. The van der Waals surface area contributed by atoms with Crippen LogP contribution in [0.2, 0.25) is 0 Å². The molecule has 0 saturated carbocycles. The lowest BCUT2D eigenvalue weighted by Gasteiger charge is -1.95. The van der Waals surface area contributed by atoms with Gasteiger partial charge in [0, 0.05) is 16.6 Å². The molecule has 0 spiro atoms. The van der Waals surface area contributed by atoms with E-state index >= 15 is 0 Å². The molecular formula is C6H8N2OS. The predicted octanol–water partition coefficient (Wildman–Crippen LogP) is 0.382. The highest BCUT2D eigenvalue weighted by Gasteiger charge is 2.21. The number of aryl methyl sites for hydroxylation is 1. The molecule has 0 radical (unpaired) electrons. The van der Waals surface area contributed by atoms with Crippen LogP contribution in [0.3, 0.4) is 0 Å². The smallest absolute Gasteiger partial charge is 0.304 e. The van der Waals surface area contributed by atoms with E-state index in [1.165, 1.54) is 11.3 Å².